The second-order valence-corrected chi connectivity index (χ2v) is 5.30. The lowest BCUT2D eigenvalue weighted by Gasteiger charge is -2.20. The van der Waals surface area contributed by atoms with Gasteiger partial charge in [0.25, 0.3) is 0 Å². The van der Waals surface area contributed by atoms with Crippen LogP contribution in [0.5, 0.6) is 0 Å². The monoisotopic (exact) mass is 240 g/mol. The number of hydrogen-bond donors (Lipinski definition) is 1. The topological polar surface area (TPSA) is 32.3 Å². The first kappa shape index (κ1) is 14.5. The van der Waals surface area contributed by atoms with Crippen molar-refractivity contribution in [2.45, 2.75) is 72.0 Å². The van der Waals surface area contributed by atoms with Crippen molar-refractivity contribution >= 4 is 5.91 Å². The first-order valence-corrected chi connectivity index (χ1v) is 7.18. The molecular weight excluding hydrogens is 212 g/mol. The third kappa shape index (κ3) is 3.70. The number of hydrogen-bond acceptors (Lipinski definition) is 2. The highest BCUT2D eigenvalue weighted by Crippen LogP contribution is 2.19. The molecule has 0 radical (unpaired) electrons. The Bertz CT molecular complexity index is 242. The van der Waals surface area contributed by atoms with Crippen LogP contribution in [0.4, 0.5) is 0 Å². The van der Waals surface area contributed by atoms with Gasteiger partial charge in [0, 0.05) is 6.54 Å². The Kier molecular flexibility index (Phi) is 5.96. The van der Waals surface area contributed by atoms with Crippen molar-refractivity contribution in [3.63, 3.8) is 0 Å². The molecular formula is C14H28N2O. The van der Waals surface area contributed by atoms with Gasteiger partial charge in [0.2, 0.25) is 5.91 Å². The fourth-order valence-corrected chi connectivity index (χ4v) is 2.45. The molecule has 0 saturated carbocycles. The Hall–Kier alpha value is -0.570. The van der Waals surface area contributed by atoms with E-state index in [4.69, 9.17) is 0 Å². The third-order valence-electron chi connectivity index (χ3n) is 3.90. The Morgan fingerprint density at radius 1 is 1.29 bits per heavy atom. The van der Waals surface area contributed by atoms with Crippen LogP contribution in [0.15, 0.2) is 0 Å². The minimum absolute atomic E-state index is 0.0428. The van der Waals surface area contributed by atoms with Crippen molar-refractivity contribution < 1.29 is 4.79 Å². The second kappa shape index (κ2) is 7.00. The zero-order valence-electron chi connectivity index (χ0n) is 11.8. The maximum Gasteiger partial charge on any atom is 0.241 e. The maximum absolute atomic E-state index is 12.2. The van der Waals surface area contributed by atoms with E-state index in [2.05, 4.69) is 33.0 Å². The van der Waals surface area contributed by atoms with Gasteiger partial charge >= 0.3 is 0 Å². The smallest absolute Gasteiger partial charge is 0.241 e. The standard InChI is InChI=1S/C14H28N2O/c1-5-7-8-9-10-16-12(4)15-13(14(16)17)11(3)6-2/h11-13,15H,5-10H2,1-4H3. The van der Waals surface area contributed by atoms with Gasteiger partial charge in [0.1, 0.15) is 0 Å². The molecule has 1 amide bonds. The van der Waals surface area contributed by atoms with E-state index in [1.165, 1.54) is 19.3 Å². The van der Waals surface area contributed by atoms with Crippen LogP contribution in [0.3, 0.4) is 0 Å². The molecule has 0 aliphatic carbocycles. The molecule has 3 atom stereocenters. The van der Waals surface area contributed by atoms with Crippen LogP contribution in [-0.2, 0) is 4.79 Å². The van der Waals surface area contributed by atoms with Crippen molar-refractivity contribution in [2.24, 2.45) is 5.92 Å². The second-order valence-electron chi connectivity index (χ2n) is 5.30. The summed E-state index contributed by atoms with van der Waals surface area (Å²) in [4.78, 5) is 14.3. The van der Waals surface area contributed by atoms with E-state index < -0.39 is 0 Å². The van der Waals surface area contributed by atoms with Gasteiger partial charge in [-0.3, -0.25) is 10.1 Å². The van der Waals surface area contributed by atoms with Crippen molar-refractivity contribution in [3.8, 4) is 0 Å². The number of rotatable bonds is 7. The first-order valence-electron chi connectivity index (χ1n) is 7.18. The molecule has 0 bridgehead atoms. The van der Waals surface area contributed by atoms with E-state index in [0.29, 0.717) is 11.8 Å². The van der Waals surface area contributed by atoms with Crippen LogP contribution in [0.1, 0.15) is 59.8 Å². The van der Waals surface area contributed by atoms with Crippen molar-refractivity contribution in [3.05, 3.63) is 0 Å². The fraction of sp³-hybridized carbons (Fsp3) is 0.929. The van der Waals surface area contributed by atoms with Crippen LogP contribution in [0, 0.1) is 5.92 Å². The minimum Gasteiger partial charge on any atom is -0.326 e. The Morgan fingerprint density at radius 3 is 2.59 bits per heavy atom. The third-order valence-corrected chi connectivity index (χ3v) is 3.90. The van der Waals surface area contributed by atoms with Crippen LogP contribution < -0.4 is 5.32 Å². The van der Waals surface area contributed by atoms with Gasteiger partial charge in [0.15, 0.2) is 0 Å². The molecule has 0 aromatic carbocycles. The number of carbonyl (C=O) groups is 1. The molecule has 100 valence electrons. The predicted octanol–water partition coefficient (Wildman–Crippen LogP) is 2.76. The van der Waals surface area contributed by atoms with Gasteiger partial charge in [-0.1, -0.05) is 46.5 Å². The normalized spacial score (nSPS) is 26.6. The zero-order chi connectivity index (χ0) is 12.8. The minimum atomic E-state index is 0.0428. The van der Waals surface area contributed by atoms with E-state index in [9.17, 15) is 4.79 Å². The van der Waals surface area contributed by atoms with Crippen molar-refractivity contribution in [1.82, 2.24) is 10.2 Å². The summed E-state index contributed by atoms with van der Waals surface area (Å²) in [5.41, 5.74) is 0. The molecule has 1 rings (SSSR count). The highest BCUT2D eigenvalue weighted by Gasteiger charge is 2.38. The van der Waals surface area contributed by atoms with Gasteiger partial charge in [-0.2, -0.15) is 0 Å². The SMILES string of the molecule is CCCCCCN1C(=O)C(C(C)CC)NC1C. The van der Waals surface area contributed by atoms with Gasteiger partial charge in [-0.15, -0.1) is 0 Å². The largest absolute Gasteiger partial charge is 0.326 e. The molecule has 0 aromatic rings. The average Bonchev–Trinajstić information content (AvgIpc) is 2.60. The number of nitrogens with one attached hydrogen (secondary N) is 1. The molecule has 3 unspecified atom stereocenters. The van der Waals surface area contributed by atoms with Crippen LogP contribution in [0.25, 0.3) is 0 Å². The Labute approximate surface area is 106 Å². The average molecular weight is 240 g/mol. The fourth-order valence-electron chi connectivity index (χ4n) is 2.45. The molecule has 3 heteroatoms. The van der Waals surface area contributed by atoms with E-state index in [1.54, 1.807) is 0 Å². The van der Waals surface area contributed by atoms with E-state index in [0.717, 1.165) is 19.4 Å². The molecule has 1 aliphatic rings. The van der Waals surface area contributed by atoms with E-state index in [-0.39, 0.29) is 12.2 Å². The molecule has 17 heavy (non-hydrogen) atoms. The summed E-state index contributed by atoms with van der Waals surface area (Å²) in [6.45, 7) is 9.53. The number of amides is 1. The van der Waals surface area contributed by atoms with Gasteiger partial charge < -0.3 is 4.90 Å². The molecule has 1 saturated heterocycles. The summed E-state index contributed by atoms with van der Waals surface area (Å²) in [7, 11) is 0. The predicted molar refractivity (Wildman–Crippen MR) is 71.7 cm³/mol. The summed E-state index contributed by atoms with van der Waals surface area (Å²) < 4.78 is 0. The van der Waals surface area contributed by atoms with Crippen LogP contribution in [-0.4, -0.2) is 29.6 Å². The molecule has 1 aliphatic heterocycles. The lowest BCUT2D eigenvalue weighted by atomic mass is 9.99. The number of carbonyl (C=O) groups excluding carboxylic acids is 1. The van der Waals surface area contributed by atoms with Crippen LogP contribution >= 0.6 is 0 Å². The molecule has 3 nitrogen and oxygen atoms in total. The van der Waals surface area contributed by atoms with E-state index >= 15 is 0 Å². The Morgan fingerprint density at radius 2 is 2.00 bits per heavy atom. The lowest BCUT2D eigenvalue weighted by molar-refractivity contribution is -0.130. The summed E-state index contributed by atoms with van der Waals surface area (Å²) in [5.74, 6) is 0.744. The number of nitrogens with zero attached hydrogens (tertiary/aromatic N) is 1. The highest BCUT2D eigenvalue weighted by atomic mass is 16.2. The van der Waals surface area contributed by atoms with E-state index in [1.807, 2.05) is 4.90 Å². The highest BCUT2D eigenvalue weighted by molar-refractivity contribution is 5.84. The maximum atomic E-state index is 12.2. The molecule has 0 spiro atoms. The van der Waals surface area contributed by atoms with Gasteiger partial charge in [-0.05, 0) is 19.3 Å². The lowest BCUT2D eigenvalue weighted by Crippen LogP contribution is -2.35. The zero-order valence-corrected chi connectivity index (χ0v) is 11.8. The summed E-state index contributed by atoms with van der Waals surface area (Å²) in [6.07, 6.45) is 6.17. The summed E-state index contributed by atoms with van der Waals surface area (Å²) >= 11 is 0. The summed E-state index contributed by atoms with van der Waals surface area (Å²) in [5, 5.41) is 3.42. The van der Waals surface area contributed by atoms with Crippen molar-refractivity contribution in [2.75, 3.05) is 6.54 Å². The molecule has 1 fully saturated rings. The molecule has 1 N–H and O–H groups in total. The summed E-state index contributed by atoms with van der Waals surface area (Å²) in [6, 6.07) is 0.0428. The molecule has 1 heterocycles. The van der Waals surface area contributed by atoms with Crippen LogP contribution in [0.2, 0.25) is 0 Å². The number of unbranched alkanes of at least 4 members (excludes halogenated alkanes) is 3. The van der Waals surface area contributed by atoms with Crippen molar-refractivity contribution in [1.29, 1.82) is 0 Å². The van der Waals surface area contributed by atoms with Gasteiger partial charge in [0.05, 0.1) is 12.2 Å². The quantitative estimate of drug-likeness (QED) is 0.694. The molecule has 0 aromatic heterocycles. The van der Waals surface area contributed by atoms with Gasteiger partial charge in [-0.25, -0.2) is 0 Å². The first-order chi connectivity index (χ1) is 8.11. The Balaban J connectivity index is 2.42.